The molecule has 8 heteroatoms. The molecule has 0 aromatic carbocycles. The van der Waals surface area contributed by atoms with E-state index in [1.165, 1.54) is 11.8 Å². The molecule has 2 saturated heterocycles. The number of carbonyl (C=O) groups is 1. The van der Waals surface area contributed by atoms with Crippen LogP contribution in [0.4, 0.5) is 0 Å². The van der Waals surface area contributed by atoms with Gasteiger partial charge in [-0.15, -0.1) is 11.8 Å². The number of aliphatic hydroxyl groups is 3. The summed E-state index contributed by atoms with van der Waals surface area (Å²) in [6.07, 6.45) is -0.520. The van der Waals surface area contributed by atoms with Gasteiger partial charge in [0.25, 0.3) is 0 Å². The molecular formula is C19H35NO6S. The lowest BCUT2D eigenvalue weighted by Crippen LogP contribution is -2.58. The average molecular weight is 406 g/mol. The zero-order valence-corrected chi connectivity index (χ0v) is 17.6. The van der Waals surface area contributed by atoms with Crippen molar-refractivity contribution >= 4 is 17.7 Å². The summed E-state index contributed by atoms with van der Waals surface area (Å²) in [7, 11) is 0. The van der Waals surface area contributed by atoms with Gasteiger partial charge in [0, 0.05) is 4.75 Å². The molecule has 7 nitrogen and oxygen atoms in total. The van der Waals surface area contributed by atoms with Crippen LogP contribution >= 0.6 is 11.8 Å². The van der Waals surface area contributed by atoms with Gasteiger partial charge in [0.05, 0.1) is 0 Å². The van der Waals surface area contributed by atoms with Crippen LogP contribution in [0.1, 0.15) is 59.8 Å². The van der Waals surface area contributed by atoms with Crippen molar-refractivity contribution in [3.05, 3.63) is 0 Å². The summed E-state index contributed by atoms with van der Waals surface area (Å²) < 4.78 is 10.8. The molecule has 0 saturated carbocycles. The molecule has 2 rings (SSSR count). The van der Waals surface area contributed by atoms with Crippen LogP contribution in [0.5, 0.6) is 0 Å². The normalized spacial score (nSPS) is 38.3. The Morgan fingerprint density at radius 3 is 2.48 bits per heavy atom. The highest BCUT2D eigenvalue weighted by atomic mass is 32.2. The van der Waals surface area contributed by atoms with Crippen molar-refractivity contribution < 1.29 is 29.6 Å². The van der Waals surface area contributed by atoms with Crippen molar-refractivity contribution in [2.45, 2.75) is 101 Å². The lowest BCUT2D eigenvalue weighted by Gasteiger charge is -2.41. The van der Waals surface area contributed by atoms with E-state index in [1.807, 2.05) is 20.8 Å². The third-order valence-corrected chi connectivity index (χ3v) is 6.35. The minimum Gasteiger partial charge on any atom is -0.432 e. The number of aliphatic hydroxyl groups excluding tert-OH is 3. The summed E-state index contributed by atoms with van der Waals surface area (Å²) in [5.74, 6) is 0.126. The smallest absolute Gasteiger partial charge is 0.325 e. The Labute approximate surface area is 166 Å². The summed E-state index contributed by atoms with van der Waals surface area (Å²) in [4.78, 5) is 12.6. The second-order valence-corrected chi connectivity index (χ2v) is 10.5. The molecule has 2 aliphatic heterocycles. The number of ether oxygens (including phenoxy) is 2. The molecule has 7 atom stereocenters. The van der Waals surface area contributed by atoms with Crippen LogP contribution in [0.2, 0.25) is 0 Å². The molecule has 0 bridgehead atoms. The molecule has 7 unspecified atom stereocenters. The lowest BCUT2D eigenvalue weighted by molar-refractivity contribution is -0.271. The van der Waals surface area contributed by atoms with Gasteiger partial charge in [0.2, 0.25) is 6.29 Å². The van der Waals surface area contributed by atoms with Crippen LogP contribution in [0.15, 0.2) is 0 Å². The molecule has 2 aliphatic rings. The Hall–Kier alpha value is -0.380. The van der Waals surface area contributed by atoms with Crippen molar-refractivity contribution in [1.82, 2.24) is 5.32 Å². The summed E-state index contributed by atoms with van der Waals surface area (Å²) >= 11 is 1.32. The Balaban J connectivity index is 1.96. The van der Waals surface area contributed by atoms with E-state index in [2.05, 4.69) is 12.2 Å². The predicted octanol–water partition coefficient (Wildman–Crippen LogP) is 1.38. The van der Waals surface area contributed by atoms with Crippen LogP contribution in [0.3, 0.4) is 0 Å². The highest BCUT2D eigenvalue weighted by Gasteiger charge is 2.47. The fourth-order valence-electron chi connectivity index (χ4n) is 3.57. The molecule has 0 aromatic rings. The van der Waals surface area contributed by atoms with Gasteiger partial charge in [0.1, 0.15) is 29.8 Å². The van der Waals surface area contributed by atoms with Crippen molar-refractivity contribution in [2.24, 2.45) is 5.92 Å². The maximum atomic E-state index is 12.6. The summed E-state index contributed by atoms with van der Waals surface area (Å²) in [5, 5.41) is 33.7. The number of hydrogen-bond acceptors (Lipinski definition) is 8. The van der Waals surface area contributed by atoms with E-state index >= 15 is 0 Å². The standard InChI is InChI=1S/C19H35NO6S/c1-5-6-11-7-8-12(20-10-9-11)16(24)25-17-14(22)13(21)15(23)18(26-17)27-19(2,3)4/h11-15,17-18,20-23H,5-10H2,1-4H3. The van der Waals surface area contributed by atoms with Gasteiger partial charge < -0.3 is 30.1 Å². The molecular weight excluding hydrogens is 370 g/mol. The minimum atomic E-state index is -1.49. The lowest BCUT2D eigenvalue weighted by atomic mass is 9.94. The number of esters is 1. The average Bonchev–Trinajstić information content (AvgIpc) is 2.82. The minimum absolute atomic E-state index is 0.237. The Bertz CT molecular complexity index is 485. The number of nitrogens with one attached hydrogen (secondary N) is 1. The summed E-state index contributed by atoms with van der Waals surface area (Å²) in [6.45, 7) is 8.77. The topological polar surface area (TPSA) is 108 Å². The SMILES string of the molecule is CCCC1CCNC(C(=O)OC2OC(SC(C)(C)C)C(O)C(O)C2O)CC1. The van der Waals surface area contributed by atoms with Crippen LogP contribution in [0, 0.1) is 5.92 Å². The van der Waals surface area contributed by atoms with Crippen LogP contribution in [-0.4, -0.2) is 68.7 Å². The molecule has 0 spiro atoms. The highest BCUT2D eigenvalue weighted by molar-refractivity contribution is 8.01. The first-order valence-corrected chi connectivity index (χ1v) is 10.8. The van der Waals surface area contributed by atoms with Crippen LogP contribution < -0.4 is 5.32 Å². The Morgan fingerprint density at radius 2 is 1.85 bits per heavy atom. The van der Waals surface area contributed by atoms with Gasteiger partial charge in [-0.1, -0.05) is 40.5 Å². The predicted molar refractivity (Wildman–Crippen MR) is 104 cm³/mol. The van der Waals surface area contributed by atoms with E-state index < -0.39 is 42.0 Å². The van der Waals surface area contributed by atoms with Crippen molar-refractivity contribution in [3.63, 3.8) is 0 Å². The van der Waals surface area contributed by atoms with Gasteiger partial charge in [-0.05, 0) is 31.7 Å². The molecule has 2 fully saturated rings. The first-order chi connectivity index (χ1) is 12.6. The number of carbonyl (C=O) groups excluding carboxylic acids is 1. The van der Waals surface area contributed by atoms with Crippen LogP contribution in [0.25, 0.3) is 0 Å². The fraction of sp³-hybridized carbons (Fsp3) is 0.947. The van der Waals surface area contributed by atoms with E-state index in [4.69, 9.17) is 9.47 Å². The number of rotatable bonds is 5. The number of hydrogen-bond donors (Lipinski definition) is 4. The van der Waals surface area contributed by atoms with Gasteiger partial charge in [-0.2, -0.15) is 0 Å². The fourth-order valence-corrected chi connectivity index (χ4v) is 4.73. The summed E-state index contributed by atoms with van der Waals surface area (Å²) in [5.41, 5.74) is -0.794. The third kappa shape index (κ3) is 6.58. The molecule has 2 heterocycles. The van der Waals surface area contributed by atoms with Gasteiger partial charge >= 0.3 is 5.97 Å². The highest BCUT2D eigenvalue weighted by Crippen LogP contribution is 2.36. The quantitative estimate of drug-likeness (QED) is 0.508. The zero-order chi connectivity index (χ0) is 20.2. The van der Waals surface area contributed by atoms with E-state index in [9.17, 15) is 20.1 Å². The first-order valence-electron chi connectivity index (χ1n) is 9.93. The van der Waals surface area contributed by atoms with Gasteiger partial charge in [0.15, 0.2) is 0 Å². The Morgan fingerprint density at radius 1 is 1.15 bits per heavy atom. The molecule has 0 aliphatic carbocycles. The van der Waals surface area contributed by atoms with E-state index in [1.54, 1.807) is 0 Å². The van der Waals surface area contributed by atoms with E-state index in [0.29, 0.717) is 12.3 Å². The van der Waals surface area contributed by atoms with Crippen molar-refractivity contribution in [3.8, 4) is 0 Å². The molecule has 158 valence electrons. The van der Waals surface area contributed by atoms with Gasteiger partial charge in [-0.3, -0.25) is 4.79 Å². The zero-order valence-electron chi connectivity index (χ0n) is 16.8. The second kappa shape index (κ2) is 9.89. The second-order valence-electron chi connectivity index (χ2n) is 8.54. The van der Waals surface area contributed by atoms with E-state index in [-0.39, 0.29) is 4.75 Å². The molecule has 0 radical (unpaired) electrons. The largest absolute Gasteiger partial charge is 0.432 e. The maximum Gasteiger partial charge on any atom is 0.325 e. The number of thioether (sulfide) groups is 1. The summed E-state index contributed by atoms with van der Waals surface area (Å²) in [6, 6.07) is -0.444. The Kier molecular flexibility index (Phi) is 8.39. The monoisotopic (exact) mass is 405 g/mol. The molecule has 0 aromatic heterocycles. The third-order valence-electron chi connectivity index (χ3n) is 5.02. The van der Waals surface area contributed by atoms with Crippen molar-refractivity contribution in [2.75, 3.05) is 6.54 Å². The first kappa shape index (κ1) is 22.9. The van der Waals surface area contributed by atoms with E-state index in [0.717, 1.165) is 32.2 Å². The van der Waals surface area contributed by atoms with Crippen molar-refractivity contribution in [1.29, 1.82) is 0 Å². The molecule has 0 amide bonds. The van der Waals surface area contributed by atoms with Crippen LogP contribution in [-0.2, 0) is 14.3 Å². The maximum absolute atomic E-state index is 12.6. The molecule has 4 N–H and O–H groups in total. The van der Waals surface area contributed by atoms with Gasteiger partial charge in [-0.25, -0.2) is 0 Å². The molecule has 27 heavy (non-hydrogen) atoms.